The van der Waals surface area contributed by atoms with Crippen molar-refractivity contribution < 1.29 is 0 Å². The average molecular weight is 156 g/mol. The van der Waals surface area contributed by atoms with Gasteiger partial charge in [0.15, 0.2) is 0 Å². The minimum Gasteiger partial charge on any atom is -0.0926 e. The number of hydrogen-bond donors (Lipinski definition) is 0. The van der Waals surface area contributed by atoms with Crippen LogP contribution in [-0.2, 0) is 0 Å². The SMILES string of the molecule is Bc1c(B)c(C)c(C)c(B)c1C. The van der Waals surface area contributed by atoms with Gasteiger partial charge in [0.2, 0.25) is 0 Å². The minimum absolute atomic E-state index is 1.45. The summed E-state index contributed by atoms with van der Waals surface area (Å²) >= 11 is 0. The highest BCUT2D eigenvalue weighted by atomic mass is 14.1. The van der Waals surface area contributed by atoms with Gasteiger partial charge in [-0.25, -0.2) is 0 Å². The molecule has 0 heterocycles. The minimum atomic E-state index is 1.45. The molecule has 1 aromatic rings. The van der Waals surface area contributed by atoms with E-state index in [-0.39, 0.29) is 0 Å². The van der Waals surface area contributed by atoms with Crippen molar-refractivity contribution in [1.82, 2.24) is 0 Å². The second-order valence-electron chi connectivity index (χ2n) is 3.75. The molecule has 0 aliphatic rings. The summed E-state index contributed by atoms with van der Waals surface area (Å²) in [4.78, 5) is 0. The Bertz CT molecular complexity index is 224. The zero-order valence-electron chi connectivity index (χ0n) is 9.00. The Hall–Kier alpha value is -0.585. The van der Waals surface area contributed by atoms with Crippen LogP contribution in [0.2, 0.25) is 0 Å². The standard InChI is InChI=1S/C9H15B3/c1-4-5(2)8(11)9(12)6(3)7(4)10/h10-12H2,1-3H3. The maximum absolute atomic E-state index is 2.21. The van der Waals surface area contributed by atoms with Crippen molar-refractivity contribution in [2.45, 2.75) is 20.8 Å². The van der Waals surface area contributed by atoms with Gasteiger partial charge in [-0.1, -0.05) is 33.1 Å². The third-order valence-corrected chi connectivity index (χ3v) is 3.38. The summed E-state index contributed by atoms with van der Waals surface area (Å²) < 4.78 is 0. The largest absolute Gasteiger partial charge is 0.139 e. The summed E-state index contributed by atoms with van der Waals surface area (Å²) in [7, 11) is 6.64. The summed E-state index contributed by atoms with van der Waals surface area (Å²) in [6, 6.07) is 0. The Balaban J connectivity index is 3.60. The van der Waals surface area contributed by atoms with E-state index < -0.39 is 0 Å². The fourth-order valence-electron chi connectivity index (χ4n) is 1.69. The lowest BCUT2D eigenvalue weighted by Crippen LogP contribution is -2.37. The summed E-state index contributed by atoms with van der Waals surface area (Å²) in [5.41, 5.74) is 8.73. The molecule has 0 radical (unpaired) electrons. The molecule has 3 heteroatoms. The van der Waals surface area contributed by atoms with Crippen molar-refractivity contribution in [3.05, 3.63) is 16.7 Å². The Morgan fingerprint density at radius 1 is 0.583 bits per heavy atom. The maximum Gasteiger partial charge on any atom is 0.139 e. The summed E-state index contributed by atoms with van der Waals surface area (Å²) in [5, 5.41) is 0. The molecule has 0 aliphatic carbocycles. The molecule has 1 aromatic carbocycles. The van der Waals surface area contributed by atoms with Crippen LogP contribution in [0.15, 0.2) is 0 Å². The maximum atomic E-state index is 2.21. The van der Waals surface area contributed by atoms with Gasteiger partial charge in [-0.3, -0.25) is 0 Å². The molecule has 0 nitrogen and oxygen atoms in total. The van der Waals surface area contributed by atoms with Crippen molar-refractivity contribution in [1.29, 1.82) is 0 Å². The highest BCUT2D eigenvalue weighted by Crippen LogP contribution is 1.99. The third kappa shape index (κ3) is 1.22. The average Bonchev–Trinajstić information content (AvgIpc) is 2.08. The molecule has 0 spiro atoms. The van der Waals surface area contributed by atoms with E-state index >= 15 is 0 Å². The molecule has 1 rings (SSSR count). The lowest BCUT2D eigenvalue weighted by Gasteiger charge is -2.16. The smallest absolute Gasteiger partial charge is 0.0926 e. The van der Waals surface area contributed by atoms with E-state index in [2.05, 4.69) is 44.3 Å². The summed E-state index contributed by atoms with van der Waals surface area (Å²) in [6.07, 6.45) is 0. The number of hydrogen-bond acceptors (Lipinski definition) is 0. The fourth-order valence-corrected chi connectivity index (χ4v) is 1.69. The second-order valence-corrected chi connectivity index (χ2v) is 3.75. The van der Waals surface area contributed by atoms with E-state index in [9.17, 15) is 0 Å². The van der Waals surface area contributed by atoms with Gasteiger partial charge in [0.1, 0.15) is 23.5 Å². The van der Waals surface area contributed by atoms with Crippen LogP contribution in [-0.4, -0.2) is 23.5 Å². The Morgan fingerprint density at radius 3 is 1.42 bits per heavy atom. The van der Waals surface area contributed by atoms with E-state index in [0.717, 1.165) is 0 Å². The molecule has 0 saturated heterocycles. The summed E-state index contributed by atoms with van der Waals surface area (Å²) in [5.74, 6) is 0. The fraction of sp³-hybridized carbons (Fsp3) is 0.333. The topological polar surface area (TPSA) is 0 Å². The Kier molecular flexibility index (Phi) is 2.41. The molecule has 0 unspecified atom stereocenters. The van der Waals surface area contributed by atoms with Gasteiger partial charge in [-0.05, 0) is 20.8 Å². The van der Waals surface area contributed by atoms with Crippen molar-refractivity contribution in [3.63, 3.8) is 0 Å². The first kappa shape index (κ1) is 9.50. The molecule has 0 bridgehead atoms. The Labute approximate surface area is 78.0 Å². The van der Waals surface area contributed by atoms with Gasteiger partial charge in [-0.15, -0.1) is 0 Å². The second kappa shape index (κ2) is 3.04. The van der Waals surface area contributed by atoms with Gasteiger partial charge in [0.25, 0.3) is 0 Å². The lowest BCUT2D eigenvalue weighted by atomic mass is 9.69. The van der Waals surface area contributed by atoms with Crippen molar-refractivity contribution in [2.75, 3.05) is 0 Å². The first-order valence-electron chi connectivity index (χ1n) is 4.50. The highest BCUT2D eigenvalue weighted by molar-refractivity contribution is 6.52. The van der Waals surface area contributed by atoms with Gasteiger partial charge in [0, 0.05) is 0 Å². The lowest BCUT2D eigenvalue weighted by molar-refractivity contribution is 1.37. The molecular formula is C9H15B3. The quantitative estimate of drug-likeness (QED) is 0.360. The predicted molar refractivity (Wildman–Crippen MR) is 65.2 cm³/mol. The van der Waals surface area contributed by atoms with Crippen LogP contribution >= 0.6 is 0 Å². The first-order chi connectivity index (χ1) is 5.46. The monoisotopic (exact) mass is 156 g/mol. The number of benzene rings is 1. The van der Waals surface area contributed by atoms with E-state index in [1.165, 1.54) is 33.1 Å². The molecule has 0 aromatic heterocycles. The Morgan fingerprint density at radius 2 is 0.917 bits per heavy atom. The molecule has 0 aliphatic heterocycles. The van der Waals surface area contributed by atoms with Crippen LogP contribution < -0.4 is 16.4 Å². The number of rotatable bonds is 0. The van der Waals surface area contributed by atoms with Crippen LogP contribution in [0.5, 0.6) is 0 Å². The molecule has 0 saturated carbocycles. The summed E-state index contributed by atoms with van der Waals surface area (Å²) in [6.45, 7) is 6.64. The molecule has 0 N–H and O–H groups in total. The van der Waals surface area contributed by atoms with Crippen LogP contribution in [0.25, 0.3) is 0 Å². The molecule has 0 atom stereocenters. The van der Waals surface area contributed by atoms with E-state index in [0.29, 0.717) is 0 Å². The van der Waals surface area contributed by atoms with Crippen LogP contribution in [0.4, 0.5) is 0 Å². The van der Waals surface area contributed by atoms with Crippen LogP contribution in [0.1, 0.15) is 16.7 Å². The normalized spacial score (nSPS) is 10.2. The zero-order valence-corrected chi connectivity index (χ0v) is 9.00. The molecular weight excluding hydrogens is 141 g/mol. The van der Waals surface area contributed by atoms with Gasteiger partial charge in [0.05, 0.1) is 0 Å². The van der Waals surface area contributed by atoms with Gasteiger partial charge < -0.3 is 0 Å². The van der Waals surface area contributed by atoms with E-state index in [4.69, 9.17) is 0 Å². The zero-order chi connectivity index (χ0) is 9.46. The van der Waals surface area contributed by atoms with E-state index in [1.54, 1.807) is 0 Å². The third-order valence-electron chi connectivity index (χ3n) is 3.38. The first-order valence-corrected chi connectivity index (χ1v) is 4.50. The molecule has 0 amide bonds. The van der Waals surface area contributed by atoms with Crippen molar-refractivity contribution in [3.8, 4) is 0 Å². The van der Waals surface area contributed by atoms with Crippen LogP contribution in [0.3, 0.4) is 0 Å². The molecule has 60 valence electrons. The van der Waals surface area contributed by atoms with E-state index in [1.807, 2.05) is 0 Å². The van der Waals surface area contributed by atoms with Gasteiger partial charge in [-0.2, -0.15) is 0 Å². The highest BCUT2D eigenvalue weighted by Gasteiger charge is 2.07. The van der Waals surface area contributed by atoms with Crippen molar-refractivity contribution in [2.24, 2.45) is 0 Å². The van der Waals surface area contributed by atoms with Gasteiger partial charge >= 0.3 is 0 Å². The predicted octanol–water partition coefficient (Wildman–Crippen LogP) is -2.61. The van der Waals surface area contributed by atoms with Crippen LogP contribution in [0, 0.1) is 20.8 Å². The molecule has 0 fully saturated rings. The molecule has 12 heavy (non-hydrogen) atoms. The van der Waals surface area contributed by atoms with Crippen molar-refractivity contribution >= 4 is 39.9 Å².